The summed E-state index contributed by atoms with van der Waals surface area (Å²) in [4.78, 5) is 23.2. The van der Waals surface area contributed by atoms with Crippen molar-refractivity contribution in [1.29, 1.82) is 0 Å². The second kappa shape index (κ2) is 12.9. The van der Waals surface area contributed by atoms with Gasteiger partial charge in [-0.3, -0.25) is 9.59 Å². The van der Waals surface area contributed by atoms with Crippen molar-refractivity contribution in [3.63, 3.8) is 0 Å². The number of esters is 1. The number of allylic oxidation sites excluding steroid dienone is 6. The lowest BCUT2D eigenvalue weighted by atomic mass is 9.98. The van der Waals surface area contributed by atoms with Gasteiger partial charge in [-0.05, 0) is 32.1 Å². The van der Waals surface area contributed by atoms with Gasteiger partial charge >= 0.3 is 5.97 Å². The first-order chi connectivity index (χ1) is 12.1. The third-order valence-corrected chi connectivity index (χ3v) is 4.71. The van der Waals surface area contributed by atoms with Crippen molar-refractivity contribution in [1.82, 2.24) is 0 Å². The van der Waals surface area contributed by atoms with E-state index in [0.717, 1.165) is 37.7 Å². The third kappa shape index (κ3) is 8.53. The molecule has 0 aromatic carbocycles. The highest BCUT2D eigenvalue weighted by Gasteiger charge is 2.26. The van der Waals surface area contributed by atoms with Crippen molar-refractivity contribution < 1.29 is 14.3 Å². The number of unbranched alkanes of at least 4 members (excludes halogenated alkanes) is 7. The predicted molar refractivity (Wildman–Crippen MR) is 104 cm³/mol. The normalized spacial score (nSPS) is 19.0. The summed E-state index contributed by atoms with van der Waals surface area (Å²) in [5, 5.41) is 0.331. The number of carbonyl (C=O) groups is 2. The van der Waals surface area contributed by atoms with Crippen LogP contribution in [0.2, 0.25) is 0 Å². The Bertz CT molecular complexity index is 517. The summed E-state index contributed by atoms with van der Waals surface area (Å²) in [7, 11) is 1.41. The van der Waals surface area contributed by atoms with Gasteiger partial charge in [0.25, 0.3) is 0 Å². The largest absolute Gasteiger partial charge is 0.469 e. The molecule has 0 amide bonds. The Morgan fingerprint density at radius 2 is 1.88 bits per heavy atom. The van der Waals surface area contributed by atoms with E-state index in [1.807, 2.05) is 12.2 Å². The SMILES string of the molecule is CCCCCC/C=C/[C@@H]1C=C(Cl)C(=O)/C1=C\CCCCCC(=O)OC. The van der Waals surface area contributed by atoms with Crippen molar-refractivity contribution in [3.8, 4) is 0 Å². The summed E-state index contributed by atoms with van der Waals surface area (Å²) < 4.78 is 4.62. The molecule has 140 valence electrons. The average Bonchev–Trinajstić information content (AvgIpc) is 2.88. The molecule has 0 aromatic rings. The molecule has 0 aromatic heterocycles. The van der Waals surface area contributed by atoms with Crippen LogP contribution in [0.25, 0.3) is 0 Å². The topological polar surface area (TPSA) is 43.4 Å². The summed E-state index contributed by atoms with van der Waals surface area (Å²) in [5.41, 5.74) is 0.794. The van der Waals surface area contributed by atoms with Crippen LogP contribution in [0, 0.1) is 5.92 Å². The molecule has 4 heteroatoms. The molecule has 3 nitrogen and oxygen atoms in total. The Kier molecular flexibility index (Phi) is 11.2. The molecule has 0 spiro atoms. The third-order valence-electron chi connectivity index (χ3n) is 4.41. The van der Waals surface area contributed by atoms with Gasteiger partial charge in [-0.2, -0.15) is 0 Å². The molecule has 0 fully saturated rings. The lowest BCUT2D eigenvalue weighted by Gasteiger charge is -2.05. The zero-order chi connectivity index (χ0) is 18.5. The first-order valence-corrected chi connectivity index (χ1v) is 9.83. The van der Waals surface area contributed by atoms with Crippen LogP contribution in [-0.2, 0) is 14.3 Å². The smallest absolute Gasteiger partial charge is 0.305 e. The predicted octanol–water partition coefficient (Wildman–Crippen LogP) is 5.88. The lowest BCUT2D eigenvalue weighted by Crippen LogP contribution is -2.02. The molecule has 0 heterocycles. The van der Waals surface area contributed by atoms with E-state index in [9.17, 15) is 9.59 Å². The number of halogens is 1. The summed E-state index contributed by atoms with van der Waals surface area (Å²) in [6, 6.07) is 0. The average molecular weight is 367 g/mol. The zero-order valence-electron chi connectivity index (χ0n) is 15.6. The van der Waals surface area contributed by atoms with E-state index in [4.69, 9.17) is 11.6 Å². The number of hydrogen-bond acceptors (Lipinski definition) is 3. The number of carbonyl (C=O) groups excluding carboxylic acids is 2. The molecule has 1 rings (SSSR count). The van der Waals surface area contributed by atoms with Gasteiger partial charge in [-0.15, -0.1) is 0 Å². The van der Waals surface area contributed by atoms with Gasteiger partial charge in [-0.25, -0.2) is 0 Å². The van der Waals surface area contributed by atoms with E-state index in [2.05, 4.69) is 23.8 Å². The fourth-order valence-electron chi connectivity index (χ4n) is 2.88. The van der Waals surface area contributed by atoms with Crippen LogP contribution in [0.15, 0.2) is 34.9 Å². The zero-order valence-corrected chi connectivity index (χ0v) is 16.3. The summed E-state index contributed by atoms with van der Waals surface area (Å²) in [5.74, 6) is -0.192. The van der Waals surface area contributed by atoms with Crippen molar-refractivity contribution in [2.24, 2.45) is 5.92 Å². The van der Waals surface area contributed by atoms with Crippen molar-refractivity contribution in [3.05, 3.63) is 34.9 Å². The highest BCUT2D eigenvalue weighted by molar-refractivity contribution is 6.46. The van der Waals surface area contributed by atoms with Crippen LogP contribution in [0.5, 0.6) is 0 Å². The quantitative estimate of drug-likeness (QED) is 0.187. The number of ketones is 1. The van der Waals surface area contributed by atoms with Crippen LogP contribution in [0.3, 0.4) is 0 Å². The molecule has 1 aliphatic carbocycles. The summed E-state index contributed by atoms with van der Waals surface area (Å²) >= 11 is 6.03. The number of ether oxygens (including phenoxy) is 1. The minimum atomic E-state index is -0.163. The summed E-state index contributed by atoms with van der Waals surface area (Å²) in [6.07, 6.45) is 18.2. The first-order valence-electron chi connectivity index (χ1n) is 9.45. The Labute approximate surface area is 157 Å². The molecule has 0 saturated heterocycles. The Balaban J connectivity index is 2.39. The van der Waals surface area contributed by atoms with Crippen molar-refractivity contribution >= 4 is 23.4 Å². The molecule has 0 N–H and O–H groups in total. The maximum absolute atomic E-state index is 12.2. The van der Waals surface area contributed by atoms with Crippen molar-refractivity contribution in [2.75, 3.05) is 7.11 Å². The van der Waals surface area contributed by atoms with Crippen LogP contribution >= 0.6 is 11.6 Å². The minimum Gasteiger partial charge on any atom is -0.469 e. The van der Waals surface area contributed by atoms with E-state index < -0.39 is 0 Å². The molecular weight excluding hydrogens is 336 g/mol. The van der Waals surface area contributed by atoms with E-state index in [1.165, 1.54) is 32.8 Å². The molecule has 25 heavy (non-hydrogen) atoms. The van der Waals surface area contributed by atoms with Crippen LogP contribution < -0.4 is 0 Å². The van der Waals surface area contributed by atoms with Gasteiger partial charge in [0.05, 0.1) is 12.1 Å². The van der Waals surface area contributed by atoms with Crippen LogP contribution in [0.1, 0.15) is 71.1 Å². The van der Waals surface area contributed by atoms with Gasteiger partial charge in [0, 0.05) is 17.9 Å². The number of Topliss-reactive ketones (excluding diaryl/α,β-unsaturated/α-hetero) is 1. The fraction of sp³-hybridized carbons (Fsp3) is 0.619. The molecule has 0 saturated carbocycles. The van der Waals surface area contributed by atoms with Crippen LogP contribution in [-0.4, -0.2) is 18.9 Å². The molecule has 0 unspecified atom stereocenters. The number of hydrogen-bond donors (Lipinski definition) is 0. The van der Waals surface area contributed by atoms with Crippen molar-refractivity contribution in [2.45, 2.75) is 71.1 Å². The van der Waals surface area contributed by atoms with E-state index in [0.29, 0.717) is 11.5 Å². The maximum atomic E-state index is 12.2. The van der Waals surface area contributed by atoms with E-state index in [-0.39, 0.29) is 17.7 Å². The van der Waals surface area contributed by atoms with Gasteiger partial charge in [0.2, 0.25) is 5.78 Å². The first kappa shape index (κ1) is 21.7. The van der Waals surface area contributed by atoms with Gasteiger partial charge in [0.1, 0.15) is 0 Å². The van der Waals surface area contributed by atoms with E-state index in [1.54, 1.807) is 0 Å². The Hall–Kier alpha value is -1.35. The summed E-state index contributed by atoms with van der Waals surface area (Å²) in [6.45, 7) is 2.21. The monoisotopic (exact) mass is 366 g/mol. The molecular formula is C21H31ClO3. The number of rotatable bonds is 12. The molecule has 0 radical (unpaired) electrons. The van der Waals surface area contributed by atoms with E-state index >= 15 is 0 Å². The van der Waals surface area contributed by atoms with Gasteiger partial charge < -0.3 is 4.74 Å². The highest BCUT2D eigenvalue weighted by atomic mass is 35.5. The molecule has 0 aliphatic heterocycles. The second-order valence-electron chi connectivity index (χ2n) is 6.48. The number of methoxy groups -OCH3 is 1. The Morgan fingerprint density at radius 1 is 1.16 bits per heavy atom. The maximum Gasteiger partial charge on any atom is 0.305 e. The van der Waals surface area contributed by atoms with Crippen LogP contribution in [0.4, 0.5) is 0 Å². The van der Waals surface area contributed by atoms with Gasteiger partial charge in [0.15, 0.2) is 0 Å². The second-order valence-corrected chi connectivity index (χ2v) is 6.89. The molecule has 1 atom stereocenters. The fourth-order valence-corrected chi connectivity index (χ4v) is 3.13. The lowest BCUT2D eigenvalue weighted by molar-refractivity contribution is -0.140. The Morgan fingerprint density at radius 3 is 2.60 bits per heavy atom. The van der Waals surface area contributed by atoms with Gasteiger partial charge in [-0.1, -0.05) is 68.5 Å². The molecule has 1 aliphatic rings. The standard InChI is InChI=1S/C21H31ClO3/c1-3-4-5-6-7-10-13-17-16-19(22)21(24)18(17)14-11-8-9-12-15-20(23)25-2/h10,13-14,16-17H,3-9,11-12,15H2,1-2H3/b13-10+,18-14-/t17-/m1/s1. The minimum absolute atomic E-state index is 0.0150. The molecule has 0 bridgehead atoms. The highest BCUT2D eigenvalue weighted by Crippen LogP contribution is 2.31.